The quantitative estimate of drug-likeness (QED) is 0.943. The fraction of sp³-hybridized carbons (Fsp3) is 0.571. The number of imidazole rings is 1. The van der Waals surface area contributed by atoms with Gasteiger partial charge in [-0.15, -0.1) is 0 Å². The number of hydrogen-bond donors (Lipinski definition) is 1. The van der Waals surface area contributed by atoms with E-state index in [1.165, 1.54) is 19.3 Å². The zero-order valence-corrected chi connectivity index (χ0v) is 13.0. The first-order valence-corrected chi connectivity index (χ1v) is 7.59. The lowest BCUT2D eigenvalue weighted by Crippen LogP contribution is -2.39. The zero-order chi connectivity index (χ0) is 14.9. The average Bonchev–Trinajstić information content (AvgIpc) is 2.94. The Balaban J connectivity index is 1.85. The summed E-state index contributed by atoms with van der Waals surface area (Å²) in [5.41, 5.74) is 0.229. The average molecular weight is 307 g/mol. The van der Waals surface area contributed by atoms with Gasteiger partial charge >= 0.3 is 0 Å². The van der Waals surface area contributed by atoms with E-state index in [2.05, 4.69) is 39.1 Å². The molecule has 0 bridgehead atoms. The standard InChI is InChI=1S/C14H19ClN6/c1-14(2)6-4-3-5-10(14)17-12-18-11(15)19-13(20-12)21-8-7-16-9-21/h7-10H,3-6H2,1-2H3,(H,17,18,19,20). The topological polar surface area (TPSA) is 68.5 Å². The van der Waals surface area contributed by atoms with Gasteiger partial charge in [0.1, 0.15) is 6.33 Å². The summed E-state index contributed by atoms with van der Waals surface area (Å²) in [6.45, 7) is 4.56. The van der Waals surface area contributed by atoms with Crippen LogP contribution in [0.3, 0.4) is 0 Å². The van der Waals surface area contributed by atoms with E-state index in [1.54, 1.807) is 23.3 Å². The number of rotatable bonds is 3. The minimum Gasteiger partial charge on any atom is -0.351 e. The Labute approximate surface area is 129 Å². The molecule has 112 valence electrons. The molecule has 0 amide bonds. The maximum Gasteiger partial charge on any atom is 0.241 e. The molecule has 1 fully saturated rings. The lowest BCUT2D eigenvalue weighted by Gasteiger charge is -2.39. The third-order valence-corrected chi connectivity index (χ3v) is 4.31. The normalized spacial score (nSPS) is 21.2. The number of hydrogen-bond acceptors (Lipinski definition) is 5. The van der Waals surface area contributed by atoms with Crippen LogP contribution in [0.25, 0.3) is 5.95 Å². The van der Waals surface area contributed by atoms with Crippen LogP contribution in [0.2, 0.25) is 5.28 Å². The van der Waals surface area contributed by atoms with Crippen molar-refractivity contribution in [1.82, 2.24) is 24.5 Å². The van der Waals surface area contributed by atoms with Gasteiger partial charge in [-0.05, 0) is 29.9 Å². The molecule has 1 atom stereocenters. The van der Waals surface area contributed by atoms with Crippen LogP contribution in [-0.2, 0) is 0 Å². The van der Waals surface area contributed by atoms with E-state index in [0.29, 0.717) is 17.9 Å². The minimum atomic E-state index is 0.185. The second-order valence-electron chi connectivity index (χ2n) is 6.13. The molecule has 1 aliphatic carbocycles. The summed E-state index contributed by atoms with van der Waals surface area (Å²) in [5, 5.41) is 3.62. The Morgan fingerprint density at radius 2 is 2.14 bits per heavy atom. The van der Waals surface area contributed by atoms with E-state index in [4.69, 9.17) is 11.6 Å². The number of nitrogens with zero attached hydrogens (tertiary/aromatic N) is 5. The van der Waals surface area contributed by atoms with Crippen molar-refractivity contribution in [3.63, 3.8) is 0 Å². The monoisotopic (exact) mass is 306 g/mol. The van der Waals surface area contributed by atoms with Crippen LogP contribution in [0.1, 0.15) is 39.5 Å². The summed E-state index contributed by atoms with van der Waals surface area (Å²) in [5.74, 6) is 1.00. The third kappa shape index (κ3) is 3.15. The second kappa shape index (κ2) is 5.60. The van der Waals surface area contributed by atoms with Gasteiger partial charge in [0.2, 0.25) is 17.2 Å². The molecular weight excluding hydrogens is 288 g/mol. The lowest BCUT2D eigenvalue weighted by atomic mass is 9.73. The number of nitrogens with one attached hydrogen (secondary N) is 1. The highest BCUT2D eigenvalue weighted by Gasteiger charge is 2.32. The molecule has 7 heteroatoms. The Bertz CT molecular complexity index is 610. The molecular formula is C14H19ClN6. The van der Waals surface area contributed by atoms with Crippen LogP contribution in [-0.4, -0.2) is 30.5 Å². The molecule has 1 unspecified atom stereocenters. The molecule has 0 radical (unpaired) electrons. The van der Waals surface area contributed by atoms with Gasteiger partial charge in [0, 0.05) is 18.4 Å². The Hall–Kier alpha value is -1.69. The first-order valence-electron chi connectivity index (χ1n) is 7.21. The smallest absolute Gasteiger partial charge is 0.241 e. The molecule has 1 saturated carbocycles. The van der Waals surface area contributed by atoms with Crippen LogP contribution in [0, 0.1) is 5.41 Å². The van der Waals surface area contributed by atoms with Gasteiger partial charge in [-0.2, -0.15) is 15.0 Å². The van der Waals surface area contributed by atoms with Crippen molar-refractivity contribution in [3.05, 3.63) is 24.0 Å². The number of aromatic nitrogens is 5. The molecule has 6 nitrogen and oxygen atoms in total. The maximum atomic E-state index is 6.02. The van der Waals surface area contributed by atoms with Crippen molar-refractivity contribution in [2.45, 2.75) is 45.6 Å². The van der Waals surface area contributed by atoms with Gasteiger partial charge in [0.15, 0.2) is 0 Å². The Kier molecular flexibility index (Phi) is 3.80. The lowest BCUT2D eigenvalue weighted by molar-refractivity contribution is 0.216. The zero-order valence-electron chi connectivity index (χ0n) is 12.3. The second-order valence-corrected chi connectivity index (χ2v) is 6.47. The van der Waals surface area contributed by atoms with Crippen LogP contribution in [0.15, 0.2) is 18.7 Å². The van der Waals surface area contributed by atoms with Crippen LogP contribution < -0.4 is 5.32 Å². The summed E-state index contributed by atoms with van der Waals surface area (Å²) in [4.78, 5) is 16.8. The Morgan fingerprint density at radius 3 is 2.86 bits per heavy atom. The van der Waals surface area contributed by atoms with E-state index in [1.807, 2.05) is 0 Å². The van der Waals surface area contributed by atoms with Gasteiger partial charge in [-0.1, -0.05) is 26.7 Å². The molecule has 2 heterocycles. The molecule has 1 N–H and O–H groups in total. The van der Waals surface area contributed by atoms with E-state index in [9.17, 15) is 0 Å². The molecule has 0 saturated heterocycles. The van der Waals surface area contributed by atoms with Gasteiger partial charge in [-0.25, -0.2) is 4.98 Å². The molecule has 0 spiro atoms. The fourth-order valence-corrected chi connectivity index (χ4v) is 2.97. The third-order valence-electron chi connectivity index (χ3n) is 4.14. The Morgan fingerprint density at radius 1 is 1.29 bits per heavy atom. The minimum absolute atomic E-state index is 0.185. The molecule has 0 aliphatic heterocycles. The van der Waals surface area contributed by atoms with Crippen molar-refractivity contribution >= 4 is 17.5 Å². The summed E-state index contributed by atoms with van der Waals surface area (Å²) in [6.07, 6.45) is 9.93. The molecule has 1 aliphatic rings. The van der Waals surface area contributed by atoms with Gasteiger partial charge in [0.25, 0.3) is 0 Å². The van der Waals surface area contributed by atoms with Crippen LogP contribution in [0.4, 0.5) is 5.95 Å². The van der Waals surface area contributed by atoms with E-state index >= 15 is 0 Å². The van der Waals surface area contributed by atoms with Gasteiger partial charge in [0.05, 0.1) is 0 Å². The van der Waals surface area contributed by atoms with Gasteiger partial charge < -0.3 is 5.32 Å². The van der Waals surface area contributed by atoms with Crippen molar-refractivity contribution in [3.8, 4) is 5.95 Å². The molecule has 2 aromatic rings. The van der Waals surface area contributed by atoms with E-state index in [-0.39, 0.29) is 10.7 Å². The summed E-state index contributed by atoms with van der Waals surface area (Å²) in [7, 11) is 0. The highest BCUT2D eigenvalue weighted by molar-refractivity contribution is 6.28. The van der Waals surface area contributed by atoms with Crippen LogP contribution >= 0.6 is 11.6 Å². The SMILES string of the molecule is CC1(C)CCCCC1Nc1nc(Cl)nc(-n2ccnc2)n1. The number of anilines is 1. The van der Waals surface area contributed by atoms with Gasteiger partial charge in [-0.3, -0.25) is 4.57 Å². The first-order chi connectivity index (χ1) is 10.0. The maximum absolute atomic E-state index is 6.02. The molecule has 3 rings (SSSR count). The molecule has 2 aromatic heterocycles. The van der Waals surface area contributed by atoms with Crippen LogP contribution in [0.5, 0.6) is 0 Å². The van der Waals surface area contributed by atoms with E-state index < -0.39 is 0 Å². The fourth-order valence-electron chi connectivity index (χ4n) is 2.81. The molecule has 21 heavy (non-hydrogen) atoms. The van der Waals surface area contributed by atoms with Crippen molar-refractivity contribution in [1.29, 1.82) is 0 Å². The molecule has 0 aromatic carbocycles. The predicted molar refractivity (Wildman–Crippen MR) is 81.6 cm³/mol. The van der Waals surface area contributed by atoms with Crippen molar-refractivity contribution in [2.24, 2.45) is 5.41 Å². The summed E-state index contributed by atoms with van der Waals surface area (Å²) >= 11 is 6.02. The highest BCUT2D eigenvalue weighted by Crippen LogP contribution is 2.36. The van der Waals surface area contributed by atoms with E-state index in [0.717, 1.165) is 6.42 Å². The summed E-state index contributed by atoms with van der Waals surface area (Å²) in [6, 6.07) is 0.348. The highest BCUT2D eigenvalue weighted by atomic mass is 35.5. The summed E-state index contributed by atoms with van der Waals surface area (Å²) < 4.78 is 1.71. The largest absolute Gasteiger partial charge is 0.351 e. The van der Waals surface area contributed by atoms with Crippen molar-refractivity contribution in [2.75, 3.05) is 5.32 Å². The first kappa shape index (κ1) is 14.3. The van der Waals surface area contributed by atoms with Crippen molar-refractivity contribution < 1.29 is 0 Å². The number of halogens is 1. The predicted octanol–water partition coefficient (Wildman–Crippen LogP) is 3.09.